The van der Waals surface area contributed by atoms with Crippen LogP contribution in [0.3, 0.4) is 0 Å². The number of benzene rings is 2. The minimum absolute atomic E-state index is 0.00110. The van der Waals surface area contributed by atoms with Gasteiger partial charge in [-0.25, -0.2) is 4.39 Å². The van der Waals surface area contributed by atoms with E-state index in [2.05, 4.69) is 10.3 Å². The van der Waals surface area contributed by atoms with Gasteiger partial charge in [-0.15, -0.1) is 0 Å². The highest BCUT2D eigenvalue weighted by Gasteiger charge is 2.52. The predicted molar refractivity (Wildman–Crippen MR) is 140 cm³/mol. The number of nitrogens with one attached hydrogen (secondary N) is 1. The zero-order chi connectivity index (χ0) is 26.3. The number of carbonyl (C=O) groups excluding carboxylic acids is 2. The number of hydrogen-bond donors (Lipinski definition) is 2. The lowest BCUT2D eigenvalue weighted by Gasteiger charge is -2.32. The Morgan fingerprint density at radius 2 is 1.84 bits per heavy atom. The van der Waals surface area contributed by atoms with Gasteiger partial charge in [0.05, 0.1) is 22.0 Å². The minimum atomic E-state index is -2.15. The van der Waals surface area contributed by atoms with Crippen molar-refractivity contribution < 1.29 is 19.1 Å². The number of rotatable bonds is 5. The highest BCUT2D eigenvalue weighted by molar-refractivity contribution is 6.31. The molecule has 6 nitrogen and oxygen atoms in total. The monoisotopic (exact) mass is 541 g/mol. The summed E-state index contributed by atoms with van der Waals surface area (Å²) in [4.78, 5) is 32.1. The third-order valence-electron chi connectivity index (χ3n) is 7.38. The number of aryl methyl sites for hydroxylation is 1. The van der Waals surface area contributed by atoms with Crippen LogP contribution in [0.4, 0.5) is 10.1 Å². The van der Waals surface area contributed by atoms with E-state index in [-0.39, 0.29) is 28.5 Å². The summed E-state index contributed by atoms with van der Waals surface area (Å²) < 4.78 is 14.8. The van der Waals surface area contributed by atoms with Gasteiger partial charge >= 0.3 is 0 Å². The molecule has 0 saturated heterocycles. The number of aromatic nitrogens is 1. The molecule has 1 aromatic heterocycles. The number of aliphatic hydroxyl groups is 1. The lowest BCUT2D eigenvalue weighted by molar-refractivity contribution is -0.132. The number of pyridine rings is 1. The van der Waals surface area contributed by atoms with E-state index in [0.29, 0.717) is 34.1 Å². The predicted octanol–water partition coefficient (Wildman–Crippen LogP) is 5.41. The maximum absolute atomic E-state index is 14.8. The molecule has 0 bridgehead atoms. The Labute approximate surface area is 224 Å². The third-order valence-corrected chi connectivity index (χ3v) is 7.82. The third kappa shape index (κ3) is 4.72. The molecule has 1 unspecified atom stereocenters. The molecular weight excluding hydrogens is 516 g/mol. The van der Waals surface area contributed by atoms with Crippen molar-refractivity contribution in [3.63, 3.8) is 0 Å². The molecule has 0 spiro atoms. The summed E-state index contributed by atoms with van der Waals surface area (Å²) in [7, 11) is 0. The fourth-order valence-electron chi connectivity index (χ4n) is 5.40. The number of anilines is 1. The van der Waals surface area contributed by atoms with Crippen LogP contribution in [0.5, 0.6) is 0 Å². The summed E-state index contributed by atoms with van der Waals surface area (Å²) in [6.07, 6.45) is 4.58. The molecule has 1 fully saturated rings. The quantitative estimate of drug-likeness (QED) is 0.452. The minimum Gasteiger partial charge on any atom is -0.372 e. The van der Waals surface area contributed by atoms with Crippen molar-refractivity contribution in [2.75, 3.05) is 11.4 Å². The average Bonchev–Trinajstić information content (AvgIpc) is 3.10. The van der Waals surface area contributed by atoms with E-state index in [9.17, 15) is 19.1 Å². The van der Waals surface area contributed by atoms with Gasteiger partial charge in [0.2, 0.25) is 0 Å². The number of fused-ring (bicyclic) bond motifs is 1. The molecule has 3 aromatic rings. The number of amides is 2. The fraction of sp³-hybridized carbons (Fsp3) is 0.321. The topological polar surface area (TPSA) is 82.5 Å². The summed E-state index contributed by atoms with van der Waals surface area (Å²) in [5.41, 5.74) is -0.329. The van der Waals surface area contributed by atoms with Gasteiger partial charge in [0, 0.05) is 34.9 Å². The lowest BCUT2D eigenvalue weighted by Crippen LogP contribution is -2.45. The van der Waals surface area contributed by atoms with Crippen LogP contribution in [0.15, 0.2) is 54.7 Å². The molecule has 2 aliphatic rings. The Bertz CT molecular complexity index is 1380. The number of hydrogen-bond acceptors (Lipinski definition) is 4. The van der Waals surface area contributed by atoms with Gasteiger partial charge in [-0.2, -0.15) is 0 Å². The van der Waals surface area contributed by atoms with E-state index in [1.54, 1.807) is 42.2 Å². The Morgan fingerprint density at radius 1 is 1.11 bits per heavy atom. The molecule has 1 saturated carbocycles. The molecule has 1 aliphatic heterocycles. The summed E-state index contributed by atoms with van der Waals surface area (Å²) in [6.45, 7) is 2.15. The molecule has 9 heteroatoms. The van der Waals surface area contributed by atoms with Gasteiger partial charge < -0.3 is 15.3 Å². The van der Waals surface area contributed by atoms with Crippen LogP contribution in [0.25, 0.3) is 0 Å². The van der Waals surface area contributed by atoms with Gasteiger partial charge in [-0.05, 0) is 68.9 Å². The van der Waals surface area contributed by atoms with Crippen molar-refractivity contribution >= 4 is 40.7 Å². The van der Waals surface area contributed by atoms with Gasteiger partial charge in [-0.3, -0.25) is 14.6 Å². The van der Waals surface area contributed by atoms with Crippen LogP contribution in [0, 0.1) is 18.7 Å². The van der Waals surface area contributed by atoms with E-state index in [0.717, 1.165) is 31.7 Å². The molecular formula is C28H26Cl2FN3O3. The van der Waals surface area contributed by atoms with E-state index in [4.69, 9.17) is 23.2 Å². The van der Waals surface area contributed by atoms with Crippen LogP contribution in [0.2, 0.25) is 10.0 Å². The largest absolute Gasteiger partial charge is 0.372 e. The first-order valence-corrected chi connectivity index (χ1v) is 13.0. The second-order valence-electron chi connectivity index (χ2n) is 9.75. The Kier molecular flexibility index (Phi) is 6.96. The van der Waals surface area contributed by atoms with Gasteiger partial charge in [0.1, 0.15) is 5.82 Å². The second kappa shape index (κ2) is 10.0. The van der Waals surface area contributed by atoms with Crippen molar-refractivity contribution in [1.29, 1.82) is 0 Å². The summed E-state index contributed by atoms with van der Waals surface area (Å²) in [5.74, 6) is -1.33. The smallest absolute Gasteiger partial charge is 0.268 e. The highest BCUT2D eigenvalue weighted by atomic mass is 35.5. The summed E-state index contributed by atoms with van der Waals surface area (Å²) in [5, 5.41) is 15.3. The van der Waals surface area contributed by atoms with Crippen molar-refractivity contribution in [3.05, 3.63) is 93.0 Å². The number of para-hydroxylation sites is 1. The van der Waals surface area contributed by atoms with Crippen LogP contribution in [-0.2, 0) is 10.4 Å². The first-order valence-electron chi connectivity index (χ1n) is 12.2. The Morgan fingerprint density at radius 3 is 2.59 bits per heavy atom. The second-order valence-corrected chi connectivity index (χ2v) is 10.6. The highest BCUT2D eigenvalue weighted by Crippen LogP contribution is 2.46. The summed E-state index contributed by atoms with van der Waals surface area (Å²) in [6, 6.07) is 12.4. The molecule has 2 heterocycles. The number of halogens is 3. The Hall–Kier alpha value is -3.00. The zero-order valence-electron chi connectivity index (χ0n) is 20.2. The molecule has 1 aliphatic carbocycles. The fourth-order valence-corrected chi connectivity index (χ4v) is 5.73. The standard InChI is InChI=1S/C28H26Cl2FN3O3/c1-16-21(12-19(30)14-32-16)26(35)33-20-9-6-17(7-10-20)15-34-25-5-3-2-4-22(25)28(37,27(34)36)23-13-18(29)8-11-24(23)31/h2-5,8,11-14,17,20,37H,6-7,9-10,15H2,1H3,(H,33,35). The van der Waals surface area contributed by atoms with Gasteiger partial charge in [0.15, 0.2) is 5.60 Å². The first kappa shape index (κ1) is 25.6. The van der Waals surface area contributed by atoms with Crippen molar-refractivity contribution in [1.82, 2.24) is 10.3 Å². The summed E-state index contributed by atoms with van der Waals surface area (Å²) >= 11 is 12.1. The molecule has 37 heavy (non-hydrogen) atoms. The maximum atomic E-state index is 14.8. The first-order chi connectivity index (χ1) is 17.7. The molecule has 192 valence electrons. The van der Waals surface area contributed by atoms with Gasteiger partial charge in [-0.1, -0.05) is 41.4 Å². The van der Waals surface area contributed by atoms with Crippen molar-refractivity contribution in [2.45, 2.75) is 44.2 Å². The van der Waals surface area contributed by atoms with E-state index < -0.39 is 17.3 Å². The zero-order valence-corrected chi connectivity index (χ0v) is 21.7. The van der Waals surface area contributed by atoms with Crippen LogP contribution in [-0.4, -0.2) is 34.5 Å². The Balaban J connectivity index is 1.29. The SMILES string of the molecule is Cc1ncc(Cl)cc1C(=O)NC1CCC(CN2C(=O)C(O)(c3cc(Cl)ccc3F)c3ccccc32)CC1. The van der Waals surface area contributed by atoms with Crippen LogP contribution in [0.1, 0.15) is 52.9 Å². The lowest BCUT2D eigenvalue weighted by atomic mass is 9.85. The molecule has 1 atom stereocenters. The van der Waals surface area contributed by atoms with E-state index >= 15 is 0 Å². The molecule has 2 N–H and O–H groups in total. The maximum Gasteiger partial charge on any atom is 0.268 e. The van der Waals surface area contributed by atoms with Gasteiger partial charge in [0.25, 0.3) is 11.8 Å². The molecule has 2 amide bonds. The van der Waals surface area contributed by atoms with E-state index in [1.807, 2.05) is 0 Å². The molecule has 5 rings (SSSR count). The van der Waals surface area contributed by atoms with Crippen molar-refractivity contribution in [2.24, 2.45) is 5.92 Å². The van der Waals surface area contributed by atoms with Crippen LogP contribution >= 0.6 is 23.2 Å². The average molecular weight is 542 g/mol. The molecule has 0 radical (unpaired) electrons. The van der Waals surface area contributed by atoms with E-state index in [1.165, 1.54) is 18.3 Å². The van der Waals surface area contributed by atoms with Crippen molar-refractivity contribution in [3.8, 4) is 0 Å². The van der Waals surface area contributed by atoms with Crippen LogP contribution < -0.4 is 10.2 Å². The normalized spacial score (nSPS) is 23.2. The number of nitrogens with zero attached hydrogens (tertiary/aromatic N) is 2. The number of carbonyl (C=O) groups is 2. The molecule has 2 aromatic carbocycles.